The maximum atomic E-state index is 14.0. The van der Waals surface area contributed by atoms with Crippen LogP contribution in [0.15, 0.2) is 52.9 Å². The Bertz CT molecular complexity index is 1030. The highest BCUT2D eigenvalue weighted by molar-refractivity contribution is 5.95. The van der Waals surface area contributed by atoms with Gasteiger partial charge in [0, 0.05) is 31.4 Å². The Kier molecular flexibility index (Phi) is 5.31. The van der Waals surface area contributed by atoms with Crippen LogP contribution in [-0.2, 0) is 11.3 Å². The number of hydrogen-bond donors (Lipinski definition) is 0. The summed E-state index contributed by atoms with van der Waals surface area (Å²) in [6.07, 6.45) is 0. The molecule has 2 heterocycles. The smallest absolute Gasteiger partial charge is 0.241 e. The Labute approximate surface area is 168 Å². The van der Waals surface area contributed by atoms with Crippen LogP contribution in [0.3, 0.4) is 0 Å². The van der Waals surface area contributed by atoms with E-state index in [1.54, 1.807) is 37.1 Å². The van der Waals surface area contributed by atoms with Crippen molar-refractivity contribution in [3.05, 3.63) is 65.8 Å². The van der Waals surface area contributed by atoms with Gasteiger partial charge in [0.2, 0.25) is 11.8 Å². The van der Waals surface area contributed by atoms with Crippen LogP contribution in [0.2, 0.25) is 0 Å². The van der Waals surface area contributed by atoms with E-state index in [0.717, 1.165) is 11.4 Å². The third-order valence-electron chi connectivity index (χ3n) is 5.04. The van der Waals surface area contributed by atoms with Crippen LogP contribution < -0.4 is 9.64 Å². The van der Waals surface area contributed by atoms with Crippen LogP contribution in [-0.4, -0.2) is 42.5 Å². The van der Waals surface area contributed by atoms with Gasteiger partial charge in [-0.2, -0.15) is 0 Å². The van der Waals surface area contributed by atoms with Crippen molar-refractivity contribution < 1.29 is 18.3 Å². The van der Waals surface area contributed by atoms with Gasteiger partial charge in [-0.15, -0.1) is 0 Å². The molecule has 0 saturated carbocycles. The van der Waals surface area contributed by atoms with Gasteiger partial charge in [0.25, 0.3) is 0 Å². The molecule has 2 aromatic carbocycles. The summed E-state index contributed by atoms with van der Waals surface area (Å²) in [6, 6.07) is 13.9. The number of rotatable bonds is 5. The van der Waals surface area contributed by atoms with E-state index < -0.39 is 0 Å². The van der Waals surface area contributed by atoms with E-state index >= 15 is 0 Å². The average Bonchev–Trinajstić information content (AvgIpc) is 3.08. The predicted octanol–water partition coefficient (Wildman–Crippen LogP) is 3.65. The fourth-order valence-corrected chi connectivity index (χ4v) is 3.44. The summed E-state index contributed by atoms with van der Waals surface area (Å²) in [6.45, 7) is 3.83. The number of benzene rings is 2. The second-order valence-electron chi connectivity index (χ2n) is 6.96. The number of hydrogen-bond acceptors (Lipinski definition) is 5. The van der Waals surface area contributed by atoms with Gasteiger partial charge >= 0.3 is 0 Å². The first kappa shape index (κ1) is 19.1. The number of aryl methyl sites for hydroxylation is 1. The van der Waals surface area contributed by atoms with Crippen molar-refractivity contribution >= 4 is 11.6 Å². The van der Waals surface area contributed by atoms with E-state index in [1.807, 2.05) is 29.2 Å². The molecule has 1 aliphatic rings. The van der Waals surface area contributed by atoms with Gasteiger partial charge in [-0.25, -0.2) is 9.37 Å². The van der Waals surface area contributed by atoms with Gasteiger partial charge in [-0.1, -0.05) is 18.2 Å². The van der Waals surface area contributed by atoms with Crippen molar-refractivity contribution in [2.75, 3.05) is 31.6 Å². The maximum absolute atomic E-state index is 14.0. The molecule has 0 aliphatic carbocycles. The zero-order valence-electron chi connectivity index (χ0n) is 16.4. The summed E-state index contributed by atoms with van der Waals surface area (Å²) in [5.74, 6) is 1.25. The lowest BCUT2D eigenvalue weighted by Crippen LogP contribution is -2.50. The van der Waals surface area contributed by atoms with E-state index in [9.17, 15) is 9.18 Å². The number of aromatic nitrogens is 1. The Morgan fingerprint density at radius 2 is 2.00 bits per heavy atom. The number of amides is 1. The molecule has 1 aliphatic heterocycles. The maximum Gasteiger partial charge on any atom is 0.241 e. The molecule has 1 aromatic heterocycles. The fraction of sp³-hybridized carbons (Fsp3) is 0.273. The fourth-order valence-electron chi connectivity index (χ4n) is 3.44. The molecule has 0 atom stereocenters. The highest BCUT2D eigenvalue weighted by atomic mass is 19.1. The quantitative estimate of drug-likeness (QED) is 0.660. The SMILES string of the molecule is COc1cccc(N2CCN(Cc3nc(-c4ccccc4F)oc3C)CC2=O)c1. The third-order valence-corrected chi connectivity index (χ3v) is 5.04. The molecule has 7 heteroatoms. The highest BCUT2D eigenvalue weighted by Gasteiger charge is 2.27. The number of oxazole rings is 1. The molecule has 29 heavy (non-hydrogen) atoms. The number of halogens is 1. The van der Waals surface area contributed by atoms with Crippen LogP contribution in [0.4, 0.5) is 10.1 Å². The number of anilines is 1. The van der Waals surface area contributed by atoms with Crippen LogP contribution in [0.1, 0.15) is 11.5 Å². The zero-order valence-corrected chi connectivity index (χ0v) is 16.4. The molecule has 1 saturated heterocycles. The van der Waals surface area contributed by atoms with E-state index in [1.165, 1.54) is 6.07 Å². The molecule has 0 radical (unpaired) electrons. The lowest BCUT2D eigenvalue weighted by molar-refractivity contribution is -0.121. The number of ether oxygens (including phenoxy) is 1. The predicted molar refractivity (Wildman–Crippen MR) is 107 cm³/mol. The summed E-state index contributed by atoms with van der Waals surface area (Å²) in [4.78, 5) is 21.0. The topological polar surface area (TPSA) is 58.8 Å². The molecule has 1 fully saturated rings. The first-order valence-electron chi connectivity index (χ1n) is 9.43. The average molecular weight is 395 g/mol. The van der Waals surface area contributed by atoms with Crippen LogP contribution >= 0.6 is 0 Å². The van der Waals surface area contributed by atoms with Crippen molar-refractivity contribution in [2.45, 2.75) is 13.5 Å². The summed E-state index contributed by atoms with van der Waals surface area (Å²) in [5.41, 5.74) is 1.88. The Hall–Kier alpha value is -3.19. The van der Waals surface area contributed by atoms with Gasteiger partial charge < -0.3 is 14.1 Å². The van der Waals surface area contributed by atoms with Gasteiger partial charge in [0.05, 0.1) is 24.9 Å². The second-order valence-corrected chi connectivity index (χ2v) is 6.96. The summed E-state index contributed by atoms with van der Waals surface area (Å²) in [7, 11) is 1.61. The van der Waals surface area contributed by atoms with Gasteiger partial charge in [-0.05, 0) is 31.2 Å². The molecule has 0 unspecified atom stereocenters. The van der Waals surface area contributed by atoms with Gasteiger partial charge in [-0.3, -0.25) is 9.69 Å². The third kappa shape index (κ3) is 4.00. The molecule has 4 rings (SSSR count). The molecule has 0 bridgehead atoms. The van der Waals surface area contributed by atoms with Crippen molar-refractivity contribution in [1.29, 1.82) is 0 Å². The van der Waals surface area contributed by atoms with E-state index in [0.29, 0.717) is 36.7 Å². The molecular weight excluding hydrogens is 373 g/mol. The van der Waals surface area contributed by atoms with Crippen LogP contribution in [0.5, 0.6) is 5.75 Å². The molecule has 1 amide bonds. The molecule has 0 spiro atoms. The van der Waals surface area contributed by atoms with Gasteiger partial charge in [0.1, 0.15) is 17.3 Å². The summed E-state index contributed by atoms with van der Waals surface area (Å²) in [5, 5.41) is 0. The first-order chi connectivity index (χ1) is 14.0. The number of methoxy groups -OCH3 is 1. The standard InChI is InChI=1S/C22H22FN3O3/c1-15-20(24-22(29-15)18-8-3-4-9-19(18)23)13-25-10-11-26(21(27)14-25)16-6-5-7-17(12-16)28-2/h3-9,12H,10-11,13-14H2,1-2H3. The number of piperazine rings is 1. The monoisotopic (exact) mass is 395 g/mol. The molecular formula is C22H22FN3O3. The lowest BCUT2D eigenvalue weighted by atomic mass is 10.2. The minimum Gasteiger partial charge on any atom is -0.497 e. The normalized spacial score (nSPS) is 15.0. The van der Waals surface area contributed by atoms with Crippen molar-refractivity contribution in [3.8, 4) is 17.2 Å². The minimum absolute atomic E-state index is 0.0139. The Morgan fingerprint density at radius 3 is 2.76 bits per heavy atom. The van der Waals surface area contributed by atoms with E-state index in [2.05, 4.69) is 4.98 Å². The second kappa shape index (κ2) is 8.05. The lowest BCUT2D eigenvalue weighted by Gasteiger charge is -2.34. The Balaban J connectivity index is 1.46. The number of nitrogens with zero attached hydrogens (tertiary/aromatic N) is 3. The van der Waals surface area contributed by atoms with Crippen LogP contribution in [0.25, 0.3) is 11.5 Å². The van der Waals surface area contributed by atoms with E-state index in [4.69, 9.17) is 9.15 Å². The molecule has 6 nitrogen and oxygen atoms in total. The number of carbonyl (C=O) groups excluding carboxylic acids is 1. The zero-order chi connectivity index (χ0) is 20.4. The summed E-state index contributed by atoms with van der Waals surface area (Å²) < 4.78 is 24.9. The van der Waals surface area contributed by atoms with Crippen molar-refractivity contribution in [2.24, 2.45) is 0 Å². The van der Waals surface area contributed by atoms with Crippen molar-refractivity contribution in [3.63, 3.8) is 0 Å². The minimum atomic E-state index is -0.373. The molecule has 3 aromatic rings. The van der Waals surface area contributed by atoms with E-state index in [-0.39, 0.29) is 24.2 Å². The van der Waals surface area contributed by atoms with Crippen LogP contribution in [0, 0.1) is 12.7 Å². The Morgan fingerprint density at radius 1 is 1.17 bits per heavy atom. The van der Waals surface area contributed by atoms with Crippen molar-refractivity contribution in [1.82, 2.24) is 9.88 Å². The number of carbonyl (C=O) groups is 1. The first-order valence-corrected chi connectivity index (χ1v) is 9.43. The highest BCUT2D eigenvalue weighted by Crippen LogP contribution is 2.26. The summed E-state index contributed by atoms with van der Waals surface area (Å²) >= 11 is 0. The van der Waals surface area contributed by atoms with Gasteiger partial charge in [0.15, 0.2) is 0 Å². The molecule has 0 N–H and O–H groups in total. The molecule has 150 valence electrons. The largest absolute Gasteiger partial charge is 0.497 e.